The molecule has 0 aliphatic carbocycles. The van der Waals surface area contributed by atoms with Crippen molar-refractivity contribution in [1.82, 2.24) is 9.88 Å². The molecule has 0 fully saturated rings. The summed E-state index contributed by atoms with van der Waals surface area (Å²) >= 11 is 13.6. The van der Waals surface area contributed by atoms with Crippen LogP contribution in [-0.2, 0) is 0 Å². The van der Waals surface area contributed by atoms with E-state index in [1.807, 2.05) is 25.1 Å². The van der Waals surface area contributed by atoms with Crippen LogP contribution in [0.15, 0.2) is 30.3 Å². The molecule has 1 amide bonds. The molecule has 0 radical (unpaired) electrons. The second kappa shape index (κ2) is 9.17. The molecule has 0 spiro atoms. The summed E-state index contributed by atoms with van der Waals surface area (Å²) in [6.45, 7) is 1.10. The summed E-state index contributed by atoms with van der Waals surface area (Å²) in [6.07, 6.45) is 0. The molecule has 154 valence electrons. The number of likely N-dealkylation sites (N-methyl/N-ethyl adjacent to an activating group) is 1. The summed E-state index contributed by atoms with van der Waals surface area (Å²) in [5.74, 6) is 1.07. The zero-order valence-corrected chi connectivity index (χ0v) is 18.9. The van der Waals surface area contributed by atoms with Gasteiger partial charge in [-0.25, -0.2) is 4.98 Å². The van der Waals surface area contributed by atoms with Crippen LogP contribution in [0.25, 0.3) is 10.2 Å². The van der Waals surface area contributed by atoms with Crippen molar-refractivity contribution in [2.75, 3.05) is 46.3 Å². The third-order valence-corrected chi connectivity index (χ3v) is 5.78. The molecule has 0 atom stereocenters. The lowest BCUT2D eigenvalue weighted by molar-refractivity contribution is 0.0985. The molecule has 0 bridgehead atoms. The number of ether oxygens (including phenoxy) is 2. The fraction of sp³-hybridized carbons (Fsp3) is 0.300. The van der Waals surface area contributed by atoms with E-state index < -0.39 is 0 Å². The zero-order valence-electron chi connectivity index (χ0n) is 16.5. The highest BCUT2D eigenvalue weighted by Crippen LogP contribution is 2.40. The molecular formula is C20H21Cl2N3O3S. The Morgan fingerprint density at radius 3 is 2.24 bits per heavy atom. The first-order valence-electron chi connectivity index (χ1n) is 8.78. The second-order valence-electron chi connectivity index (χ2n) is 6.56. The molecule has 1 heterocycles. The van der Waals surface area contributed by atoms with E-state index in [-0.39, 0.29) is 5.91 Å². The number of carbonyl (C=O) groups excluding carboxylic acids is 1. The first kappa shape index (κ1) is 21.6. The Labute approximate surface area is 183 Å². The number of carbonyl (C=O) groups is 1. The van der Waals surface area contributed by atoms with Crippen LogP contribution in [0.5, 0.6) is 11.5 Å². The van der Waals surface area contributed by atoms with Crippen LogP contribution in [0.1, 0.15) is 10.4 Å². The summed E-state index contributed by atoms with van der Waals surface area (Å²) < 4.78 is 11.7. The van der Waals surface area contributed by atoms with Gasteiger partial charge in [-0.3, -0.25) is 9.69 Å². The smallest absolute Gasteiger partial charge is 0.260 e. The van der Waals surface area contributed by atoms with Gasteiger partial charge in [0.05, 0.1) is 14.2 Å². The second-order valence-corrected chi connectivity index (χ2v) is 8.41. The Bertz CT molecular complexity index is 978. The molecule has 0 saturated carbocycles. The predicted octanol–water partition coefficient (Wildman–Crippen LogP) is 4.83. The number of aromatic nitrogens is 1. The number of benzene rings is 2. The maximum absolute atomic E-state index is 13.3. The van der Waals surface area contributed by atoms with Gasteiger partial charge in [-0.2, -0.15) is 0 Å². The number of halogens is 2. The van der Waals surface area contributed by atoms with Gasteiger partial charge in [0.2, 0.25) is 0 Å². The lowest BCUT2D eigenvalue weighted by Crippen LogP contribution is -2.36. The molecule has 2 aromatic carbocycles. The monoisotopic (exact) mass is 453 g/mol. The number of thiazole rings is 1. The van der Waals surface area contributed by atoms with Crippen LogP contribution in [0.4, 0.5) is 5.13 Å². The van der Waals surface area contributed by atoms with E-state index in [4.69, 9.17) is 37.7 Å². The van der Waals surface area contributed by atoms with Crippen molar-refractivity contribution in [1.29, 1.82) is 0 Å². The van der Waals surface area contributed by atoms with E-state index in [2.05, 4.69) is 0 Å². The van der Waals surface area contributed by atoms with E-state index in [9.17, 15) is 4.79 Å². The number of nitrogens with zero attached hydrogens (tertiary/aromatic N) is 3. The number of methoxy groups -OCH3 is 2. The number of hydrogen-bond donors (Lipinski definition) is 0. The van der Waals surface area contributed by atoms with Crippen molar-refractivity contribution < 1.29 is 14.3 Å². The minimum atomic E-state index is -0.228. The standard InChI is InChI=1S/C20H21Cl2N3O3S/c1-24(2)7-8-25(19(26)12-9-13(21)11-14(22)10-12)20-23-17-15(27-3)5-6-16(28-4)18(17)29-20/h5-6,9-11H,7-8H2,1-4H3. The molecule has 9 heteroatoms. The highest BCUT2D eigenvalue weighted by Gasteiger charge is 2.24. The van der Waals surface area contributed by atoms with Crippen LogP contribution < -0.4 is 14.4 Å². The number of hydrogen-bond acceptors (Lipinski definition) is 6. The molecule has 0 aliphatic rings. The fourth-order valence-corrected chi connectivity index (χ4v) is 4.43. The lowest BCUT2D eigenvalue weighted by Gasteiger charge is -2.22. The van der Waals surface area contributed by atoms with Gasteiger partial charge in [-0.15, -0.1) is 0 Å². The van der Waals surface area contributed by atoms with Crippen LogP contribution in [-0.4, -0.2) is 57.2 Å². The quantitative estimate of drug-likeness (QED) is 0.512. The van der Waals surface area contributed by atoms with Crippen LogP contribution in [0.3, 0.4) is 0 Å². The molecule has 6 nitrogen and oxygen atoms in total. The van der Waals surface area contributed by atoms with E-state index in [1.165, 1.54) is 11.3 Å². The van der Waals surface area contributed by atoms with Crippen LogP contribution >= 0.6 is 34.5 Å². The highest BCUT2D eigenvalue weighted by molar-refractivity contribution is 7.22. The Kier molecular flexibility index (Phi) is 6.85. The van der Waals surface area contributed by atoms with Crippen molar-refractivity contribution in [3.8, 4) is 11.5 Å². The zero-order chi connectivity index (χ0) is 21.1. The summed E-state index contributed by atoms with van der Waals surface area (Å²) in [6, 6.07) is 8.43. The lowest BCUT2D eigenvalue weighted by atomic mass is 10.2. The minimum absolute atomic E-state index is 0.228. The van der Waals surface area contributed by atoms with Gasteiger partial charge in [0.15, 0.2) is 5.13 Å². The molecule has 3 rings (SSSR count). The van der Waals surface area contributed by atoms with Crippen molar-refractivity contribution in [3.05, 3.63) is 45.9 Å². The largest absolute Gasteiger partial charge is 0.495 e. The maximum atomic E-state index is 13.3. The Morgan fingerprint density at radius 2 is 1.66 bits per heavy atom. The highest BCUT2D eigenvalue weighted by atomic mass is 35.5. The van der Waals surface area contributed by atoms with E-state index >= 15 is 0 Å². The maximum Gasteiger partial charge on any atom is 0.260 e. The summed E-state index contributed by atoms with van der Waals surface area (Å²) in [5.41, 5.74) is 1.05. The van der Waals surface area contributed by atoms with Crippen LogP contribution in [0, 0.1) is 0 Å². The van der Waals surface area contributed by atoms with E-state index in [1.54, 1.807) is 43.4 Å². The molecule has 29 heavy (non-hydrogen) atoms. The van der Waals surface area contributed by atoms with Crippen molar-refractivity contribution >= 4 is 55.8 Å². The average Bonchev–Trinajstić information content (AvgIpc) is 3.11. The van der Waals surface area contributed by atoms with Crippen molar-refractivity contribution in [2.45, 2.75) is 0 Å². The van der Waals surface area contributed by atoms with E-state index in [0.717, 1.165) is 4.70 Å². The first-order chi connectivity index (χ1) is 13.8. The number of anilines is 1. The summed E-state index contributed by atoms with van der Waals surface area (Å²) in [7, 11) is 7.08. The Balaban J connectivity index is 2.10. The normalized spacial score (nSPS) is 11.1. The number of rotatable bonds is 7. The number of amides is 1. The molecule has 0 unspecified atom stereocenters. The molecule has 0 aliphatic heterocycles. The molecule has 0 N–H and O–H groups in total. The van der Waals surface area contributed by atoms with Crippen molar-refractivity contribution in [3.63, 3.8) is 0 Å². The van der Waals surface area contributed by atoms with Gasteiger partial charge in [0.1, 0.15) is 21.7 Å². The predicted molar refractivity (Wildman–Crippen MR) is 119 cm³/mol. The topological polar surface area (TPSA) is 54.9 Å². The third-order valence-electron chi connectivity index (χ3n) is 4.26. The SMILES string of the molecule is COc1ccc(OC)c2sc(N(CCN(C)C)C(=O)c3cc(Cl)cc(Cl)c3)nc12. The Hall–Kier alpha value is -2.06. The average molecular weight is 454 g/mol. The van der Waals surface area contributed by atoms with Gasteiger partial charge in [0.25, 0.3) is 5.91 Å². The molecular weight excluding hydrogens is 433 g/mol. The van der Waals surface area contributed by atoms with Gasteiger partial charge in [0, 0.05) is 28.7 Å². The number of fused-ring (bicyclic) bond motifs is 1. The molecule has 3 aromatic rings. The molecule has 1 aromatic heterocycles. The van der Waals surface area contributed by atoms with Gasteiger partial charge in [-0.05, 0) is 44.4 Å². The first-order valence-corrected chi connectivity index (χ1v) is 10.4. The van der Waals surface area contributed by atoms with Gasteiger partial charge < -0.3 is 14.4 Å². The summed E-state index contributed by atoms with van der Waals surface area (Å²) in [4.78, 5) is 21.7. The van der Waals surface area contributed by atoms with E-state index in [0.29, 0.717) is 50.8 Å². The fourth-order valence-electron chi connectivity index (χ4n) is 2.81. The van der Waals surface area contributed by atoms with Crippen LogP contribution in [0.2, 0.25) is 10.0 Å². The third kappa shape index (κ3) is 4.75. The Morgan fingerprint density at radius 1 is 1.03 bits per heavy atom. The summed E-state index contributed by atoms with van der Waals surface area (Å²) in [5, 5.41) is 1.35. The van der Waals surface area contributed by atoms with Crippen molar-refractivity contribution in [2.24, 2.45) is 0 Å². The minimum Gasteiger partial charge on any atom is -0.495 e. The molecule has 0 saturated heterocycles. The van der Waals surface area contributed by atoms with Gasteiger partial charge >= 0.3 is 0 Å². The van der Waals surface area contributed by atoms with Gasteiger partial charge in [-0.1, -0.05) is 34.5 Å².